The first kappa shape index (κ1) is 17.3. The minimum atomic E-state index is -1.53. The number of rotatable bonds is 6. The molecule has 2 aromatic rings. The van der Waals surface area contributed by atoms with Gasteiger partial charge in [0.2, 0.25) is 5.95 Å². The largest absolute Gasteiger partial charge is 0.370 e. The van der Waals surface area contributed by atoms with Gasteiger partial charge in [-0.15, -0.1) is 0 Å². The van der Waals surface area contributed by atoms with Crippen molar-refractivity contribution in [3.8, 4) is 0 Å². The molecule has 3 rings (SSSR count). The summed E-state index contributed by atoms with van der Waals surface area (Å²) >= 11 is 0. The fourth-order valence-corrected chi connectivity index (χ4v) is 2.74. The lowest BCUT2D eigenvalue weighted by molar-refractivity contribution is 0.449. The van der Waals surface area contributed by atoms with Gasteiger partial charge in [-0.2, -0.15) is 4.98 Å². The highest BCUT2D eigenvalue weighted by Crippen LogP contribution is 2.23. The maximum absolute atomic E-state index is 13.7. The van der Waals surface area contributed by atoms with Crippen molar-refractivity contribution in [2.75, 3.05) is 17.2 Å². The zero-order chi connectivity index (χ0) is 17.6. The fraction of sp³-hybridized carbons (Fsp3) is 0.333. The Bertz CT molecular complexity index is 777. The third-order valence-electron chi connectivity index (χ3n) is 4.07. The van der Waals surface area contributed by atoms with E-state index < -0.39 is 17.5 Å². The molecule has 0 aliphatic heterocycles. The third-order valence-corrected chi connectivity index (χ3v) is 4.07. The predicted octanol–water partition coefficient (Wildman–Crippen LogP) is 4.94. The topological polar surface area (TPSA) is 49.8 Å². The highest BCUT2D eigenvalue weighted by atomic mass is 19.2. The summed E-state index contributed by atoms with van der Waals surface area (Å²) in [7, 11) is 0. The van der Waals surface area contributed by atoms with Crippen molar-refractivity contribution in [1.29, 1.82) is 0 Å². The average molecular weight is 348 g/mol. The van der Waals surface area contributed by atoms with E-state index in [1.165, 1.54) is 24.6 Å². The summed E-state index contributed by atoms with van der Waals surface area (Å²) in [6, 6.07) is 3.65. The molecular formula is C18H19F3N4. The van der Waals surface area contributed by atoms with Gasteiger partial charge in [0.1, 0.15) is 5.82 Å². The van der Waals surface area contributed by atoms with Crippen LogP contribution >= 0.6 is 0 Å². The van der Waals surface area contributed by atoms with Crippen LogP contribution in [-0.2, 0) is 0 Å². The lowest BCUT2D eigenvalue weighted by atomic mass is 9.97. The summed E-state index contributed by atoms with van der Waals surface area (Å²) in [5.74, 6) is -3.38. The zero-order valence-electron chi connectivity index (χ0n) is 13.7. The molecule has 0 atom stereocenters. The van der Waals surface area contributed by atoms with Gasteiger partial charge < -0.3 is 10.6 Å². The van der Waals surface area contributed by atoms with Crippen molar-refractivity contribution in [3.63, 3.8) is 0 Å². The molecule has 0 amide bonds. The van der Waals surface area contributed by atoms with Gasteiger partial charge in [0.25, 0.3) is 0 Å². The van der Waals surface area contributed by atoms with Crippen LogP contribution in [0.2, 0.25) is 0 Å². The molecule has 0 unspecified atom stereocenters. The van der Waals surface area contributed by atoms with Gasteiger partial charge in [-0.3, -0.25) is 0 Å². The first-order valence-corrected chi connectivity index (χ1v) is 8.29. The second-order valence-electron chi connectivity index (χ2n) is 5.90. The number of anilines is 3. The molecule has 1 heterocycles. The van der Waals surface area contributed by atoms with Gasteiger partial charge in [0, 0.05) is 12.7 Å². The molecule has 1 aliphatic carbocycles. The van der Waals surface area contributed by atoms with E-state index in [4.69, 9.17) is 0 Å². The van der Waals surface area contributed by atoms with Crippen molar-refractivity contribution in [2.24, 2.45) is 0 Å². The summed E-state index contributed by atoms with van der Waals surface area (Å²) in [5, 5.41) is 5.76. The second kappa shape index (κ2) is 8.00. The SMILES string of the molecule is Fc1ccc(Nc2nccc(NCCC3=CCCCC3)n2)c(F)c1F. The number of allylic oxidation sites excluding steroid dienone is 1. The average Bonchev–Trinajstić information content (AvgIpc) is 2.64. The Morgan fingerprint density at radius 1 is 1.04 bits per heavy atom. The van der Waals surface area contributed by atoms with E-state index in [1.54, 1.807) is 6.07 Å². The van der Waals surface area contributed by atoms with Crippen molar-refractivity contribution in [2.45, 2.75) is 32.1 Å². The molecule has 0 spiro atoms. The van der Waals surface area contributed by atoms with Gasteiger partial charge in [0.05, 0.1) is 5.69 Å². The summed E-state index contributed by atoms with van der Waals surface area (Å²) in [4.78, 5) is 8.18. The summed E-state index contributed by atoms with van der Waals surface area (Å²) in [6.07, 6.45) is 9.56. The molecule has 7 heteroatoms. The lowest BCUT2D eigenvalue weighted by Crippen LogP contribution is -2.08. The Morgan fingerprint density at radius 2 is 1.92 bits per heavy atom. The molecule has 2 N–H and O–H groups in total. The predicted molar refractivity (Wildman–Crippen MR) is 91.3 cm³/mol. The Labute approximate surface area is 144 Å². The van der Waals surface area contributed by atoms with Crippen LogP contribution < -0.4 is 10.6 Å². The van der Waals surface area contributed by atoms with Crippen LogP contribution in [0, 0.1) is 17.5 Å². The van der Waals surface area contributed by atoms with E-state index in [2.05, 4.69) is 26.7 Å². The van der Waals surface area contributed by atoms with Crippen LogP contribution in [0.15, 0.2) is 36.0 Å². The molecule has 0 bridgehead atoms. The minimum Gasteiger partial charge on any atom is -0.370 e. The van der Waals surface area contributed by atoms with Crippen LogP contribution in [-0.4, -0.2) is 16.5 Å². The maximum atomic E-state index is 13.7. The van der Waals surface area contributed by atoms with Crippen molar-refractivity contribution in [3.05, 3.63) is 53.5 Å². The molecule has 0 saturated heterocycles. The number of halogens is 3. The Balaban J connectivity index is 1.61. The fourth-order valence-electron chi connectivity index (χ4n) is 2.74. The molecule has 132 valence electrons. The van der Waals surface area contributed by atoms with Crippen LogP contribution in [0.4, 0.5) is 30.6 Å². The normalized spacial score (nSPS) is 14.1. The first-order valence-electron chi connectivity index (χ1n) is 8.29. The second-order valence-corrected chi connectivity index (χ2v) is 5.90. The van der Waals surface area contributed by atoms with Gasteiger partial charge in [-0.05, 0) is 50.3 Å². The zero-order valence-corrected chi connectivity index (χ0v) is 13.7. The maximum Gasteiger partial charge on any atom is 0.229 e. The van der Waals surface area contributed by atoms with E-state index in [1.807, 2.05) is 0 Å². The van der Waals surface area contributed by atoms with E-state index in [0.29, 0.717) is 5.82 Å². The van der Waals surface area contributed by atoms with Crippen molar-refractivity contribution < 1.29 is 13.2 Å². The molecule has 0 fully saturated rings. The molecule has 25 heavy (non-hydrogen) atoms. The van der Waals surface area contributed by atoms with Crippen molar-refractivity contribution >= 4 is 17.5 Å². The Morgan fingerprint density at radius 3 is 2.72 bits per heavy atom. The summed E-state index contributed by atoms with van der Waals surface area (Å²) in [6.45, 7) is 0.738. The number of benzene rings is 1. The Hall–Kier alpha value is -2.57. The van der Waals surface area contributed by atoms with Gasteiger partial charge in [0.15, 0.2) is 17.5 Å². The highest BCUT2D eigenvalue weighted by molar-refractivity contribution is 5.55. The molecule has 4 nitrogen and oxygen atoms in total. The van der Waals surface area contributed by atoms with E-state index in [-0.39, 0.29) is 11.6 Å². The van der Waals surface area contributed by atoms with Crippen LogP contribution in [0.3, 0.4) is 0 Å². The highest BCUT2D eigenvalue weighted by Gasteiger charge is 2.14. The van der Waals surface area contributed by atoms with Crippen LogP contribution in [0.1, 0.15) is 32.1 Å². The summed E-state index contributed by atoms with van der Waals surface area (Å²) < 4.78 is 39.9. The molecule has 1 aromatic heterocycles. The number of nitrogens with one attached hydrogen (secondary N) is 2. The van der Waals surface area contributed by atoms with Gasteiger partial charge in [-0.25, -0.2) is 18.2 Å². The van der Waals surface area contributed by atoms with E-state index >= 15 is 0 Å². The minimum absolute atomic E-state index is 0.104. The first-order chi connectivity index (χ1) is 12.1. The number of aromatic nitrogens is 2. The number of hydrogen-bond acceptors (Lipinski definition) is 4. The number of nitrogens with zero attached hydrogens (tertiary/aromatic N) is 2. The molecule has 1 aromatic carbocycles. The van der Waals surface area contributed by atoms with Gasteiger partial charge >= 0.3 is 0 Å². The molecule has 0 saturated carbocycles. The van der Waals surface area contributed by atoms with E-state index in [9.17, 15) is 13.2 Å². The number of hydrogen-bond donors (Lipinski definition) is 2. The molecule has 0 radical (unpaired) electrons. The lowest BCUT2D eigenvalue weighted by Gasteiger charge is -2.13. The third kappa shape index (κ3) is 4.49. The smallest absolute Gasteiger partial charge is 0.229 e. The van der Waals surface area contributed by atoms with Crippen molar-refractivity contribution in [1.82, 2.24) is 9.97 Å². The van der Waals surface area contributed by atoms with E-state index in [0.717, 1.165) is 37.9 Å². The van der Waals surface area contributed by atoms with Gasteiger partial charge in [-0.1, -0.05) is 11.6 Å². The standard InChI is InChI=1S/C18H19F3N4/c19-13-6-7-14(17(21)16(13)20)24-18-23-11-9-15(25-18)22-10-8-12-4-2-1-3-5-12/h4,6-7,9,11H,1-3,5,8,10H2,(H2,22,23,24,25). The summed E-state index contributed by atoms with van der Waals surface area (Å²) in [5.41, 5.74) is 1.23. The van der Waals surface area contributed by atoms with Crippen LogP contribution in [0.5, 0.6) is 0 Å². The monoisotopic (exact) mass is 348 g/mol. The molecular weight excluding hydrogens is 329 g/mol. The quantitative estimate of drug-likeness (QED) is 0.573. The Kier molecular flexibility index (Phi) is 5.53. The molecule has 1 aliphatic rings. The van der Waals surface area contributed by atoms with Crippen LogP contribution in [0.25, 0.3) is 0 Å².